The van der Waals surface area contributed by atoms with Gasteiger partial charge in [0.05, 0.1) is 11.9 Å². The lowest BCUT2D eigenvalue weighted by molar-refractivity contribution is 1.27. The summed E-state index contributed by atoms with van der Waals surface area (Å²) in [7, 11) is 0. The second kappa shape index (κ2) is 4.80. The van der Waals surface area contributed by atoms with Gasteiger partial charge in [-0.05, 0) is 29.3 Å². The molecule has 18 heavy (non-hydrogen) atoms. The first-order valence-corrected chi connectivity index (χ1v) is 5.78. The van der Waals surface area contributed by atoms with Gasteiger partial charge in [0.2, 0.25) is 0 Å². The normalized spacial score (nSPS) is 10.2. The van der Waals surface area contributed by atoms with Gasteiger partial charge in [0.1, 0.15) is 0 Å². The first kappa shape index (κ1) is 10.7. The molecule has 3 rings (SSSR count). The van der Waals surface area contributed by atoms with Gasteiger partial charge in [0.25, 0.3) is 0 Å². The molecule has 0 aliphatic rings. The molecule has 3 aromatic rings. The maximum Gasteiger partial charge on any atom is 0.0893 e. The molecule has 2 heteroatoms. The van der Waals surface area contributed by atoms with Crippen LogP contribution in [0.1, 0.15) is 0 Å². The number of benzene rings is 1. The highest BCUT2D eigenvalue weighted by atomic mass is 14.7. The number of rotatable bonds is 2. The van der Waals surface area contributed by atoms with Gasteiger partial charge >= 0.3 is 0 Å². The Kier molecular flexibility index (Phi) is 2.84. The third-order valence-electron chi connectivity index (χ3n) is 2.79. The minimum atomic E-state index is 0.929. The number of hydrogen-bond donors (Lipinski definition) is 0. The Morgan fingerprint density at radius 1 is 0.833 bits per heavy atom. The quantitative estimate of drug-likeness (QED) is 0.673. The van der Waals surface area contributed by atoms with Gasteiger partial charge in [-0.25, -0.2) is 0 Å². The summed E-state index contributed by atoms with van der Waals surface area (Å²) in [5.74, 6) is 0. The lowest BCUT2D eigenvalue weighted by atomic mass is 10.00. The minimum Gasteiger partial charge on any atom is -0.256 e. The van der Waals surface area contributed by atoms with Gasteiger partial charge in [-0.15, -0.1) is 0 Å². The predicted octanol–water partition coefficient (Wildman–Crippen LogP) is 3.61. The fourth-order valence-electron chi connectivity index (χ4n) is 1.93. The van der Waals surface area contributed by atoms with Gasteiger partial charge in [-0.3, -0.25) is 9.97 Å². The van der Waals surface area contributed by atoms with Crippen LogP contribution in [-0.2, 0) is 0 Å². The van der Waals surface area contributed by atoms with E-state index in [1.54, 1.807) is 6.20 Å². The maximum atomic E-state index is 4.38. The predicted molar refractivity (Wildman–Crippen MR) is 71.7 cm³/mol. The van der Waals surface area contributed by atoms with E-state index in [0.717, 1.165) is 22.4 Å². The second-order valence-corrected chi connectivity index (χ2v) is 3.94. The van der Waals surface area contributed by atoms with Crippen molar-refractivity contribution in [1.29, 1.82) is 0 Å². The molecule has 0 bridgehead atoms. The van der Waals surface area contributed by atoms with Crippen LogP contribution in [-0.4, -0.2) is 9.97 Å². The average molecular weight is 231 g/mol. The Morgan fingerprint density at radius 3 is 2.44 bits per heavy atom. The Hall–Kier alpha value is -2.48. The molecule has 0 unspecified atom stereocenters. The van der Waals surface area contributed by atoms with Crippen molar-refractivity contribution in [2.24, 2.45) is 0 Å². The Bertz CT molecular complexity index is 575. The van der Waals surface area contributed by atoms with E-state index >= 15 is 0 Å². The molecule has 2 heterocycles. The standard InChI is InChI=1S/C16H11N2/c1-2-6-13(7-3-1)14-9-11-17-12-15(14)16-8-4-5-10-18-16/h1-10,12H. The minimum absolute atomic E-state index is 0.929. The van der Waals surface area contributed by atoms with Gasteiger partial charge in [-0.1, -0.05) is 36.4 Å². The smallest absolute Gasteiger partial charge is 0.0893 e. The van der Waals surface area contributed by atoms with Crippen LogP contribution < -0.4 is 0 Å². The Morgan fingerprint density at radius 2 is 1.67 bits per heavy atom. The number of aromatic nitrogens is 2. The first-order chi connectivity index (χ1) is 8.95. The van der Waals surface area contributed by atoms with Crippen LogP contribution in [0.5, 0.6) is 0 Å². The van der Waals surface area contributed by atoms with Crippen LogP contribution in [0.3, 0.4) is 0 Å². The van der Waals surface area contributed by atoms with Gasteiger partial charge in [0, 0.05) is 18.0 Å². The monoisotopic (exact) mass is 231 g/mol. The van der Waals surface area contributed by atoms with Crippen molar-refractivity contribution in [3.05, 3.63) is 73.2 Å². The van der Waals surface area contributed by atoms with Crippen molar-refractivity contribution in [3.8, 4) is 22.4 Å². The van der Waals surface area contributed by atoms with E-state index < -0.39 is 0 Å². The number of nitrogens with zero attached hydrogens (tertiary/aromatic N) is 2. The summed E-state index contributed by atoms with van der Waals surface area (Å²) >= 11 is 0. The van der Waals surface area contributed by atoms with E-state index in [0.29, 0.717) is 0 Å². The van der Waals surface area contributed by atoms with Crippen molar-refractivity contribution in [3.63, 3.8) is 0 Å². The van der Waals surface area contributed by atoms with Crippen LogP contribution in [0.4, 0.5) is 0 Å². The van der Waals surface area contributed by atoms with Crippen LogP contribution in [0.25, 0.3) is 22.4 Å². The van der Waals surface area contributed by atoms with E-state index in [2.05, 4.69) is 28.3 Å². The van der Waals surface area contributed by atoms with E-state index in [1.165, 1.54) is 0 Å². The molecule has 0 aliphatic carbocycles. The highest BCUT2D eigenvalue weighted by Crippen LogP contribution is 2.29. The topological polar surface area (TPSA) is 25.8 Å². The highest BCUT2D eigenvalue weighted by Gasteiger charge is 2.07. The summed E-state index contributed by atoms with van der Waals surface area (Å²) in [5.41, 5.74) is 4.21. The van der Waals surface area contributed by atoms with Crippen molar-refractivity contribution >= 4 is 0 Å². The number of pyridine rings is 2. The molecule has 0 amide bonds. The molecule has 0 spiro atoms. The molecule has 0 aliphatic heterocycles. The highest BCUT2D eigenvalue weighted by molar-refractivity contribution is 5.80. The average Bonchev–Trinajstić information content (AvgIpc) is 2.49. The SMILES string of the molecule is [c]1cc(-c2ccccc2)c(-c2ccccn2)cn1. The Balaban J connectivity index is 2.18. The Labute approximate surface area is 106 Å². The molecule has 1 radical (unpaired) electrons. The van der Waals surface area contributed by atoms with Crippen molar-refractivity contribution in [2.45, 2.75) is 0 Å². The summed E-state index contributed by atoms with van der Waals surface area (Å²) in [4.78, 5) is 8.46. The molecule has 0 saturated carbocycles. The number of hydrogen-bond acceptors (Lipinski definition) is 2. The summed E-state index contributed by atoms with van der Waals surface area (Å²) < 4.78 is 0. The zero-order chi connectivity index (χ0) is 12.2. The molecule has 0 N–H and O–H groups in total. The molecule has 85 valence electrons. The molecule has 0 fully saturated rings. The summed E-state index contributed by atoms with van der Waals surface area (Å²) in [6.45, 7) is 0. The molecule has 0 atom stereocenters. The summed E-state index contributed by atoms with van der Waals surface area (Å²) in [6.07, 6.45) is 6.49. The molecule has 2 aromatic heterocycles. The fraction of sp³-hybridized carbons (Fsp3) is 0. The molecular weight excluding hydrogens is 220 g/mol. The lowest BCUT2D eigenvalue weighted by Crippen LogP contribution is -1.88. The lowest BCUT2D eigenvalue weighted by Gasteiger charge is -2.07. The van der Waals surface area contributed by atoms with Crippen LogP contribution in [0.2, 0.25) is 0 Å². The van der Waals surface area contributed by atoms with Gasteiger partial charge in [0.15, 0.2) is 0 Å². The summed E-state index contributed by atoms with van der Waals surface area (Å²) in [6, 6.07) is 18.0. The first-order valence-electron chi connectivity index (χ1n) is 5.78. The zero-order valence-corrected chi connectivity index (χ0v) is 9.75. The van der Waals surface area contributed by atoms with E-state index in [1.807, 2.05) is 48.7 Å². The molecule has 2 nitrogen and oxygen atoms in total. The largest absolute Gasteiger partial charge is 0.256 e. The van der Waals surface area contributed by atoms with Crippen LogP contribution in [0, 0.1) is 6.20 Å². The van der Waals surface area contributed by atoms with Crippen molar-refractivity contribution in [2.75, 3.05) is 0 Å². The molecule has 1 aromatic carbocycles. The molecule has 0 saturated heterocycles. The van der Waals surface area contributed by atoms with E-state index in [-0.39, 0.29) is 0 Å². The van der Waals surface area contributed by atoms with E-state index in [4.69, 9.17) is 0 Å². The van der Waals surface area contributed by atoms with Gasteiger partial charge < -0.3 is 0 Å². The van der Waals surface area contributed by atoms with Gasteiger partial charge in [-0.2, -0.15) is 0 Å². The fourth-order valence-corrected chi connectivity index (χ4v) is 1.93. The zero-order valence-electron chi connectivity index (χ0n) is 9.75. The summed E-state index contributed by atoms with van der Waals surface area (Å²) in [5, 5.41) is 0. The third-order valence-corrected chi connectivity index (χ3v) is 2.79. The van der Waals surface area contributed by atoms with Crippen molar-refractivity contribution < 1.29 is 0 Å². The second-order valence-electron chi connectivity index (χ2n) is 3.94. The molecular formula is C16H11N2. The van der Waals surface area contributed by atoms with Crippen LogP contribution in [0.15, 0.2) is 67.0 Å². The maximum absolute atomic E-state index is 4.38. The van der Waals surface area contributed by atoms with Crippen molar-refractivity contribution in [1.82, 2.24) is 9.97 Å². The van der Waals surface area contributed by atoms with Crippen LogP contribution >= 0.6 is 0 Å². The third kappa shape index (κ3) is 2.00. The van der Waals surface area contributed by atoms with E-state index in [9.17, 15) is 0 Å².